The third-order valence-corrected chi connectivity index (χ3v) is 6.66. The Balaban J connectivity index is 0.00000456. The normalized spacial score (nSPS) is 11.6. The molecule has 1 aromatic heterocycles. The molecule has 196 valence electrons. The molecule has 3 rings (SSSR count). The second-order valence-electron chi connectivity index (χ2n) is 8.00. The van der Waals surface area contributed by atoms with Crippen molar-refractivity contribution in [1.29, 1.82) is 10.8 Å². The van der Waals surface area contributed by atoms with Gasteiger partial charge in [0, 0.05) is 31.7 Å². The Morgan fingerprint density at radius 3 is 2.47 bits per heavy atom. The maximum atomic E-state index is 14.5. The fourth-order valence-electron chi connectivity index (χ4n) is 3.19. The quantitative estimate of drug-likeness (QED) is 0.220. The van der Waals surface area contributed by atoms with E-state index in [-0.39, 0.29) is 31.4 Å². The maximum absolute atomic E-state index is 14.5. The van der Waals surface area contributed by atoms with Gasteiger partial charge in [0.15, 0.2) is 0 Å². The third kappa shape index (κ3) is 7.06. The second-order valence-corrected chi connectivity index (χ2v) is 10.0. The number of aromatic nitrogens is 2. The molecule has 1 heterocycles. The number of hydrogen-bond acceptors (Lipinski definition) is 7. The highest BCUT2D eigenvalue weighted by atomic mass is 32.2. The van der Waals surface area contributed by atoms with Gasteiger partial charge < -0.3 is 15.5 Å². The summed E-state index contributed by atoms with van der Waals surface area (Å²) < 4.78 is 44.3. The van der Waals surface area contributed by atoms with Gasteiger partial charge in [0.1, 0.15) is 18.2 Å². The zero-order valence-corrected chi connectivity index (χ0v) is 21.0. The Labute approximate surface area is 213 Å². The highest BCUT2D eigenvalue weighted by Gasteiger charge is 2.18. The van der Waals surface area contributed by atoms with E-state index in [1.54, 1.807) is 43.5 Å². The van der Waals surface area contributed by atoms with E-state index in [1.165, 1.54) is 12.1 Å². The molecule has 0 aliphatic heterocycles. The molecule has 8 nitrogen and oxygen atoms in total. The molecule has 11 heteroatoms. The summed E-state index contributed by atoms with van der Waals surface area (Å²) in [4.78, 5) is 9.45. The van der Waals surface area contributed by atoms with Crippen LogP contribution in [-0.2, 0) is 22.1 Å². The largest absolute Gasteiger partial charge is 0.419 e. The molecule has 1 unspecified atom stereocenters. The second kappa shape index (κ2) is 13.1. The minimum absolute atomic E-state index is 0. The van der Waals surface area contributed by atoms with Crippen LogP contribution in [0.1, 0.15) is 39.2 Å². The zero-order chi connectivity index (χ0) is 25.5. The molecule has 0 saturated carbocycles. The van der Waals surface area contributed by atoms with Crippen molar-refractivity contribution in [2.45, 2.75) is 37.5 Å². The average Bonchev–Trinajstić information content (AvgIpc) is 2.84. The van der Waals surface area contributed by atoms with Crippen LogP contribution in [0.15, 0.2) is 53.6 Å². The van der Waals surface area contributed by atoms with Crippen LogP contribution in [0, 0.1) is 23.6 Å². The number of alkyl halides is 1. The van der Waals surface area contributed by atoms with Crippen LogP contribution in [-0.4, -0.2) is 49.9 Å². The van der Waals surface area contributed by atoms with E-state index in [9.17, 15) is 13.0 Å². The predicted molar refractivity (Wildman–Crippen MR) is 140 cm³/mol. The van der Waals surface area contributed by atoms with Crippen LogP contribution in [0.5, 0.6) is 0 Å². The number of nitrogens with zero attached hydrogens (tertiary/aromatic N) is 2. The van der Waals surface area contributed by atoms with Gasteiger partial charge in [-0.15, -0.1) is 0 Å². The molecule has 0 saturated heterocycles. The van der Waals surface area contributed by atoms with E-state index in [0.717, 1.165) is 0 Å². The molecule has 36 heavy (non-hydrogen) atoms. The van der Waals surface area contributed by atoms with Crippen molar-refractivity contribution >= 4 is 22.6 Å². The van der Waals surface area contributed by atoms with E-state index >= 15 is 0 Å². The standard InChI is InChI=1S/C25H27F2N5O2S.H2O.2H2/c1-15(2)35(33)19-7-5-18(6-8-19)22-14-31-16(3)23(32-22)25(29)34-24(28)20-9-4-17(12-21(20)27)13-30-11-10-26;;;/h4-9,12,14-15,28-30H,10-11,13H2,1-3H3;1H2;2*1H. The van der Waals surface area contributed by atoms with Crippen molar-refractivity contribution in [3.05, 3.63) is 77.0 Å². The Morgan fingerprint density at radius 2 is 1.86 bits per heavy atom. The number of rotatable bonds is 9. The van der Waals surface area contributed by atoms with Crippen LogP contribution < -0.4 is 5.32 Å². The Bertz CT molecular complexity index is 1260. The highest BCUT2D eigenvalue weighted by molar-refractivity contribution is 7.85. The van der Waals surface area contributed by atoms with Gasteiger partial charge in [-0.1, -0.05) is 32.0 Å². The monoisotopic (exact) mass is 521 g/mol. The molecule has 3 aromatic rings. The molecular weight excluding hydrogens is 488 g/mol. The highest BCUT2D eigenvalue weighted by Crippen LogP contribution is 2.21. The van der Waals surface area contributed by atoms with Gasteiger partial charge in [0.05, 0.1) is 33.9 Å². The van der Waals surface area contributed by atoms with E-state index in [4.69, 9.17) is 15.6 Å². The summed E-state index contributed by atoms with van der Waals surface area (Å²) >= 11 is 0. The first-order chi connectivity index (χ1) is 16.7. The number of benzene rings is 2. The molecular formula is C25H33F2N5O3S. The first-order valence-electron chi connectivity index (χ1n) is 11.0. The van der Waals surface area contributed by atoms with Crippen LogP contribution in [0.25, 0.3) is 11.3 Å². The average molecular weight is 522 g/mol. The van der Waals surface area contributed by atoms with E-state index < -0.39 is 35.1 Å². The minimum Gasteiger partial charge on any atom is -0.419 e. The van der Waals surface area contributed by atoms with Gasteiger partial charge in [-0.2, -0.15) is 0 Å². The summed E-state index contributed by atoms with van der Waals surface area (Å²) in [5, 5.41) is 19.3. The molecule has 5 N–H and O–H groups in total. The Kier molecular flexibility index (Phi) is 10.5. The summed E-state index contributed by atoms with van der Waals surface area (Å²) in [6, 6.07) is 11.3. The lowest BCUT2D eigenvalue weighted by Crippen LogP contribution is -2.18. The van der Waals surface area contributed by atoms with E-state index in [1.807, 2.05) is 13.8 Å². The zero-order valence-electron chi connectivity index (χ0n) is 20.2. The molecule has 0 amide bonds. The third-order valence-electron chi connectivity index (χ3n) is 5.06. The summed E-state index contributed by atoms with van der Waals surface area (Å²) in [5.41, 5.74) is 2.21. The molecule has 0 aliphatic carbocycles. The van der Waals surface area contributed by atoms with Gasteiger partial charge in [-0.3, -0.25) is 20.0 Å². The van der Waals surface area contributed by atoms with Crippen molar-refractivity contribution < 1.29 is 26.1 Å². The first kappa shape index (κ1) is 28.8. The van der Waals surface area contributed by atoms with Crippen LogP contribution in [0.3, 0.4) is 0 Å². The fraction of sp³-hybridized carbons (Fsp3) is 0.280. The van der Waals surface area contributed by atoms with Crippen LogP contribution in [0.2, 0.25) is 0 Å². The van der Waals surface area contributed by atoms with Crippen LogP contribution >= 0.6 is 0 Å². The topological polar surface area (TPSA) is 143 Å². The molecule has 2 aromatic carbocycles. The van der Waals surface area contributed by atoms with Gasteiger partial charge in [-0.25, -0.2) is 13.8 Å². The van der Waals surface area contributed by atoms with Crippen molar-refractivity contribution in [3.8, 4) is 11.3 Å². The summed E-state index contributed by atoms with van der Waals surface area (Å²) in [7, 11) is -1.11. The van der Waals surface area contributed by atoms with Gasteiger partial charge in [0.2, 0.25) is 11.8 Å². The molecule has 0 fully saturated rings. The Morgan fingerprint density at radius 1 is 1.17 bits per heavy atom. The Hall–Kier alpha value is -3.41. The lowest BCUT2D eigenvalue weighted by molar-refractivity contribution is 0.466. The van der Waals surface area contributed by atoms with Gasteiger partial charge in [0.25, 0.3) is 0 Å². The van der Waals surface area contributed by atoms with Gasteiger partial charge in [-0.05, 0) is 36.8 Å². The van der Waals surface area contributed by atoms with Crippen molar-refractivity contribution in [2.24, 2.45) is 0 Å². The lowest BCUT2D eigenvalue weighted by atomic mass is 10.1. The number of hydrogen-bond donors (Lipinski definition) is 3. The predicted octanol–water partition coefficient (Wildman–Crippen LogP) is 4.20. The smallest absolute Gasteiger partial charge is 0.241 e. The molecule has 0 radical (unpaired) electrons. The summed E-state index contributed by atoms with van der Waals surface area (Å²) in [6.07, 6.45) is 1.56. The molecule has 0 bridgehead atoms. The number of halogens is 2. The summed E-state index contributed by atoms with van der Waals surface area (Å²) in [5.74, 6) is -1.66. The first-order valence-corrected chi connectivity index (χ1v) is 12.2. The number of ether oxygens (including phenoxy) is 1. The molecule has 0 spiro atoms. The van der Waals surface area contributed by atoms with Crippen molar-refractivity contribution in [2.75, 3.05) is 13.2 Å². The number of nitrogens with one attached hydrogen (secondary N) is 3. The fourth-order valence-corrected chi connectivity index (χ4v) is 4.14. The lowest BCUT2D eigenvalue weighted by Gasteiger charge is -2.12. The van der Waals surface area contributed by atoms with Crippen molar-refractivity contribution in [3.63, 3.8) is 0 Å². The van der Waals surface area contributed by atoms with E-state index in [0.29, 0.717) is 34.0 Å². The van der Waals surface area contributed by atoms with Crippen molar-refractivity contribution in [1.82, 2.24) is 15.3 Å². The summed E-state index contributed by atoms with van der Waals surface area (Å²) in [6.45, 7) is 5.37. The van der Waals surface area contributed by atoms with Crippen LogP contribution in [0.4, 0.5) is 8.78 Å². The number of aryl methyl sites for hydroxylation is 1. The minimum atomic E-state index is -1.11. The SMILES string of the molecule is Cc1ncc(-c2ccc(S(=O)C(C)C)cc2)nc1C(=N)OC(=N)c1ccc(CNCCF)cc1F.O.[HH].[HH]. The van der Waals surface area contributed by atoms with Gasteiger partial charge >= 0.3 is 0 Å². The molecule has 0 aliphatic rings. The maximum Gasteiger partial charge on any atom is 0.241 e. The van der Waals surface area contributed by atoms with E-state index in [2.05, 4.69) is 15.3 Å². The molecule has 1 atom stereocenters.